The van der Waals surface area contributed by atoms with Gasteiger partial charge >= 0.3 is 6.03 Å². The number of piperidine rings is 1. The van der Waals surface area contributed by atoms with Gasteiger partial charge in [-0.25, -0.2) is 9.78 Å². The third kappa shape index (κ3) is 3.65. The first-order valence-corrected chi connectivity index (χ1v) is 8.06. The number of nitrogens with zero attached hydrogens (tertiary/aromatic N) is 2. The second-order valence-corrected chi connectivity index (χ2v) is 6.03. The lowest BCUT2D eigenvalue weighted by molar-refractivity contribution is 0.251. The summed E-state index contributed by atoms with van der Waals surface area (Å²) in [6.07, 6.45) is 9.06. The van der Waals surface area contributed by atoms with Crippen molar-refractivity contribution in [1.29, 1.82) is 0 Å². The largest absolute Gasteiger partial charge is 0.367 e. The molecule has 21 heavy (non-hydrogen) atoms. The van der Waals surface area contributed by atoms with Crippen molar-refractivity contribution in [2.24, 2.45) is 0 Å². The second kappa shape index (κ2) is 6.33. The van der Waals surface area contributed by atoms with E-state index in [9.17, 15) is 4.79 Å². The van der Waals surface area contributed by atoms with Crippen LogP contribution in [0.4, 0.5) is 16.3 Å². The zero-order valence-electron chi connectivity index (χ0n) is 12.6. The quantitative estimate of drug-likeness (QED) is 0.895. The molecule has 1 aromatic rings. The van der Waals surface area contributed by atoms with Crippen molar-refractivity contribution < 1.29 is 4.79 Å². The van der Waals surface area contributed by atoms with Crippen LogP contribution in [-0.4, -0.2) is 29.6 Å². The van der Waals surface area contributed by atoms with E-state index >= 15 is 0 Å². The standard InChI is InChI=1S/C16H24N4O/c1-2-13-5-3-4-10-20(13)14-8-9-15(17-11-14)19-16(21)18-12-6-7-12/h8-9,11-13H,2-7,10H2,1H3,(H2,17,18,19,21). The molecule has 1 saturated carbocycles. The summed E-state index contributed by atoms with van der Waals surface area (Å²) in [4.78, 5) is 18.5. The molecule has 1 aromatic heterocycles. The number of anilines is 2. The third-order valence-electron chi connectivity index (χ3n) is 4.33. The zero-order chi connectivity index (χ0) is 14.7. The van der Waals surface area contributed by atoms with E-state index in [2.05, 4.69) is 33.5 Å². The number of hydrogen-bond donors (Lipinski definition) is 2. The van der Waals surface area contributed by atoms with Crippen molar-refractivity contribution in [2.45, 2.75) is 57.5 Å². The van der Waals surface area contributed by atoms with Gasteiger partial charge in [-0.15, -0.1) is 0 Å². The smallest absolute Gasteiger partial charge is 0.320 e. The Bertz CT molecular complexity index is 484. The van der Waals surface area contributed by atoms with E-state index in [4.69, 9.17) is 0 Å². The molecule has 2 fully saturated rings. The van der Waals surface area contributed by atoms with E-state index in [1.54, 1.807) is 0 Å². The molecule has 0 spiro atoms. The number of aromatic nitrogens is 1. The van der Waals surface area contributed by atoms with Crippen LogP contribution in [0.3, 0.4) is 0 Å². The van der Waals surface area contributed by atoms with E-state index in [0.29, 0.717) is 17.9 Å². The minimum Gasteiger partial charge on any atom is -0.367 e. The number of pyridine rings is 1. The highest BCUT2D eigenvalue weighted by Gasteiger charge is 2.23. The first-order chi connectivity index (χ1) is 10.3. The maximum absolute atomic E-state index is 11.7. The van der Waals surface area contributed by atoms with Crippen LogP contribution in [0, 0.1) is 0 Å². The summed E-state index contributed by atoms with van der Waals surface area (Å²) in [7, 11) is 0. The SMILES string of the molecule is CCC1CCCCN1c1ccc(NC(=O)NC2CC2)nc1. The van der Waals surface area contributed by atoms with Gasteiger partial charge in [0.25, 0.3) is 0 Å². The number of carbonyl (C=O) groups is 1. The Labute approximate surface area is 126 Å². The van der Waals surface area contributed by atoms with Crippen LogP contribution in [0.25, 0.3) is 0 Å². The minimum absolute atomic E-state index is 0.151. The van der Waals surface area contributed by atoms with Gasteiger partial charge in [-0.2, -0.15) is 0 Å². The van der Waals surface area contributed by atoms with Crippen LogP contribution in [0.2, 0.25) is 0 Å². The second-order valence-electron chi connectivity index (χ2n) is 6.03. The van der Waals surface area contributed by atoms with E-state index in [1.165, 1.54) is 25.7 Å². The summed E-state index contributed by atoms with van der Waals surface area (Å²) in [5.74, 6) is 0.613. The molecular weight excluding hydrogens is 264 g/mol. The highest BCUT2D eigenvalue weighted by Crippen LogP contribution is 2.26. The Morgan fingerprint density at radius 3 is 2.86 bits per heavy atom. The van der Waals surface area contributed by atoms with Crippen molar-refractivity contribution in [2.75, 3.05) is 16.8 Å². The molecule has 2 aliphatic rings. The first kappa shape index (κ1) is 14.2. The van der Waals surface area contributed by atoms with E-state index < -0.39 is 0 Å². The zero-order valence-corrected chi connectivity index (χ0v) is 12.6. The van der Waals surface area contributed by atoms with Crippen molar-refractivity contribution in [3.8, 4) is 0 Å². The Kier molecular flexibility index (Phi) is 4.27. The van der Waals surface area contributed by atoms with Gasteiger partial charge < -0.3 is 10.2 Å². The third-order valence-corrected chi connectivity index (χ3v) is 4.33. The van der Waals surface area contributed by atoms with Crippen molar-refractivity contribution >= 4 is 17.5 Å². The summed E-state index contributed by atoms with van der Waals surface area (Å²) in [6.45, 7) is 3.35. The van der Waals surface area contributed by atoms with Crippen molar-refractivity contribution in [3.63, 3.8) is 0 Å². The number of amides is 2. The van der Waals surface area contributed by atoms with Gasteiger partial charge in [-0.1, -0.05) is 6.92 Å². The number of carbonyl (C=O) groups excluding carboxylic acids is 1. The minimum atomic E-state index is -0.151. The molecule has 3 rings (SSSR count). The topological polar surface area (TPSA) is 57.3 Å². The molecule has 2 amide bonds. The van der Waals surface area contributed by atoms with Crippen LogP contribution in [0.15, 0.2) is 18.3 Å². The lowest BCUT2D eigenvalue weighted by Crippen LogP contribution is -2.39. The average molecular weight is 288 g/mol. The number of nitrogens with one attached hydrogen (secondary N) is 2. The van der Waals surface area contributed by atoms with Gasteiger partial charge in [0.15, 0.2) is 0 Å². The molecule has 1 aliphatic heterocycles. The fraction of sp³-hybridized carbons (Fsp3) is 0.625. The molecule has 1 aliphatic carbocycles. The Hall–Kier alpha value is -1.78. The molecule has 1 atom stereocenters. The number of hydrogen-bond acceptors (Lipinski definition) is 3. The fourth-order valence-corrected chi connectivity index (χ4v) is 2.96. The van der Waals surface area contributed by atoms with E-state index in [-0.39, 0.29) is 6.03 Å². The molecule has 5 heteroatoms. The van der Waals surface area contributed by atoms with Crippen LogP contribution in [-0.2, 0) is 0 Å². The maximum Gasteiger partial charge on any atom is 0.320 e. The molecule has 0 aromatic carbocycles. The van der Waals surface area contributed by atoms with Crippen LogP contribution >= 0.6 is 0 Å². The highest BCUT2D eigenvalue weighted by atomic mass is 16.2. The van der Waals surface area contributed by atoms with Gasteiger partial charge in [0.1, 0.15) is 5.82 Å². The van der Waals surface area contributed by atoms with Gasteiger partial charge in [0.2, 0.25) is 0 Å². The molecular formula is C16H24N4O. The molecule has 2 heterocycles. The van der Waals surface area contributed by atoms with Gasteiger partial charge in [-0.05, 0) is 50.7 Å². The lowest BCUT2D eigenvalue weighted by Gasteiger charge is -2.37. The summed E-state index contributed by atoms with van der Waals surface area (Å²) in [5, 5.41) is 5.68. The predicted octanol–water partition coefficient (Wildman–Crippen LogP) is 3.13. The first-order valence-electron chi connectivity index (χ1n) is 8.06. The molecule has 1 saturated heterocycles. The van der Waals surface area contributed by atoms with Gasteiger partial charge in [-0.3, -0.25) is 5.32 Å². The summed E-state index contributed by atoms with van der Waals surface area (Å²) in [5.41, 5.74) is 1.16. The van der Waals surface area contributed by atoms with Crippen LogP contribution in [0.5, 0.6) is 0 Å². The number of urea groups is 1. The molecule has 2 N–H and O–H groups in total. The Balaban J connectivity index is 1.61. The van der Waals surface area contributed by atoms with Crippen molar-refractivity contribution in [1.82, 2.24) is 10.3 Å². The van der Waals surface area contributed by atoms with Crippen LogP contribution in [0.1, 0.15) is 45.4 Å². The summed E-state index contributed by atoms with van der Waals surface area (Å²) < 4.78 is 0. The molecule has 114 valence electrons. The van der Waals surface area contributed by atoms with E-state index in [1.807, 2.05) is 12.3 Å². The molecule has 1 unspecified atom stereocenters. The summed E-state index contributed by atoms with van der Waals surface area (Å²) in [6, 6.07) is 4.79. The average Bonchev–Trinajstić information content (AvgIpc) is 3.32. The normalized spacial score (nSPS) is 22.0. The van der Waals surface area contributed by atoms with Crippen LogP contribution < -0.4 is 15.5 Å². The Morgan fingerprint density at radius 2 is 2.19 bits per heavy atom. The maximum atomic E-state index is 11.7. The van der Waals surface area contributed by atoms with Gasteiger partial charge in [0.05, 0.1) is 11.9 Å². The highest BCUT2D eigenvalue weighted by molar-refractivity contribution is 5.88. The lowest BCUT2D eigenvalue weighted by atomic mass is 9.99. The Morgan fingerprint density at radius 1 is 1.33 bits per heavy atom. The predicted molar refractivity (Wildman–Crippen MR) is 84.7 cm³/mol. The number of rotatable bonds is 4. The molecule has 0 bridgehead atoms. The van der Waals surface area contributed by atoms with Gasteiger partial charge in [0, 0.05) is 18.6 Å². The van der Waals surface area contributed by atoms with Crippen molar-refractivity contribution in [3.05, 3.63) is 18.3 Å². The summed E-state index contributed by atoms with van der Waals surface area (Å²) >= 11 is 0. The molecule has 5 nitrogen and oxygen atoms in total. The monoisotopic (exact) mass is 288 g/mol. The fourth-order valence-electron chi connectivity index (χ4n) is 2.96. The van der Waals surface area contributed by atoms with E-state index in [0.717, 1.165) is 25.1 Å². The molecule has 0 radical (unpaired) electrons.